The zero-order valence-electron chi connectivity index (χ0n) is 19.0. The maximum absolute atomic E-state index is 6.26. The third-order valence-corrected chi connectivity index (χ3v) is 6.48. The van der Waals surface area contributed by atoms with Crippen LogP contribution >= 0.6 is 11.6 Å². The van der Waals surface area contributed by atoms with Gasteiger partial charge in [-0.3, -0.25) is 0 Å². The number of nitrogens with zero attached hydrogens (tertiary/aromatic N) is 3. The van der Waals surface area contributed by atoms with E-state index in [1.54, 1.807) is 0 Å². The van der Waals surface area contributed by atoms with Crippen molar-refractivity contribution in [3.63, 3.8) is 0 Å². The van der Waals surface area contributed by atoms with E-state index in [0.29, 0.717) is 5.02 Å². The first kappa shape index (κ1) is 21.3. The van der Waals surface area contributed by atoms with Gasteiger partial charge in [0.2, 0.25) is 0 Å². The minimum Gasteiger partial charge on any atom is -0.342 e. The first-order valence-electron chi connectivity index (χ1n) is 11.6. The molecule has 0 spiro atoms. The van der Waals surface area contributed by atoms with Crippen LogP contribution < -0.4 is 0 Å². The normalized spacial score (nSPS) is 11.1. The molecule has 0 atom stereocenters. The van der Waals surface area contributed by atoms with E-state index < -0.39 is 0 Å². The third kappa shape index (κ3) is 4.11. The minimum absolute atomic E-state index is 0.715. The fourth-order valence-electron chi connectivity index (χ4n) is 4.61. The maximum atomic E-state index is 6.26. The molecule has 6 aromatic rings. The summed E-state index contributed by atoms with van der Waals surface area (Å²) in [7, 11) is 0. The molecule has 168 valence electrons. The van der Waals surface area contributed by atoms with E-state index in [-0.39, 0.29) is 0 Å². The number of halogens is 1. The Balaban J connectivity index is 1.70. The number of hydrogen-bond donors (Lipinski definition) is 0. The van der Waals surface area contributed by atoms with Gasteiger partial charge in [0.15, 0.2) is 0 Å². The molecule has 0 bridgehead atoms. The van der Waals surface area contributed by atoms with Crippen LogP contribution in [0, 0.1) is 0 Å². The highest BCUT2D eigenvalue weighted by Gasteiger charge is 2.21. The van der Waals surface area contributed by atoms with Crippen LogP contribution in [0.5, 0.6) is 0 Å². The van der Waals surface area contributed by atoms with Crippen LogP contribution in [-0.2, 0) is 6.54 Å². The van der Waals surface area contributed by atoms with Crippen molar-refractivity contribution < 1.29 is 0 Å². The van der Waals surface area contributed by atoms with Gasteiger partial charge in [0, 0.05) is 39.7 Å². The largest absolute Gasteiger partial charge is 0.342 e. The Kier molecular flexibility index (Phi) is 5.61. The Morgan fingerprint density at radius 3 is 1.74 bits per heavy atom. The standard InChI is InChI=1S/C31H22ClN3/c32-26-18-16-25(17-19-26)31-28-27(21-35(31)20-22-10-4-1-5-11-22)29(23-12-6-2-7-13-23)33-34-30(28)24-14-8-3-9-15-24/h1-19,21H,20H2. The zero-order valence-corrected chi connectivity index (χ0v) is 19.7. The first-order valence-corrected chi connectivity index (χ1v) is 12.0. The van der Waals surface area contributed by atoms with E-state index >= 15 is 0 Å². The molecule has 0 fully saturated rings. The van der Waals surface area contributed by atoms with Crippen LogP contribution in [0.2, 0.25) is 5.02 Å². The third-order valence-electron chi connectivity index (χ3n) is 6.23. The molecular formula is C31H22ClN3. The van der Waals surface area contributed by atoms with E-state index in [1.165, 1.54) is 5.56 Å². The van der Waals surface area contributed by atoms with Crippen molar-refractivity contribution in [1.29, 1.82) is 0 Å². The summed E-state index contributed by atoms with van der Waals surface area (Å²) in [6.07, 6.45) is 2.22. The average molecular weight is 472 g/mol. The zero-order chi connectivity index (χ0) is 23.6. The van der Waals surface area contributed by atoms with Crippen LogP contribution in [-0.4, -0.2) is 14.8 Å². The van der Waals surface area contributed by atoms with Crippen molar-refractivity contribution in [2.24, 2.45) is 0 Å². The maximum Gasteiger partial charge on any atom is 0.103 e. The summed E-state index contributed by atoms with van der Waals surface area (Å²) >= 11 is 6.26. The summed E-state index contributed by atoms with van der Waals surface area (Å²) in [5.74, 6) is 0. The number of aromatic nitrogens is 3. The van der Waals surface area contributed by atoms with Crippen LogP contribution in [0.4, 0.5) is 0 Å². The van der Waals surface area contributed by atoms with Crippen LogP contribution in [0.15, 0.2) is 121 Å². The Hall–Kier alpha value is -4.21. The lowest BCUT2D eigenvalue weighted by Gasteiger charge is -2.12. The molecule has 0 radical (unpaired) electrons. The van der Waals surface area contributed by atoms with Gasteiger partial charge in [0.1, 0.15) is 11.4 Å². The second-order valence-electron chi connectivity index (χ2n) is 8.52. The van der Waals surface area contributed by atoms with Gasteiger partial charge in [-0.05, 0) is 23.3 Å². The first-order chi connectivity index (χ1) is 17.3. The van der Waals surface area contributed by atoms with E-state index in [0.717, 1.165) is 51.1 Å². The second kappa shape index (κ2) is 9.21. The van der Waals surface area contributed by atoms with Crippen LogP contribution in [0.25, 0.3) is 44.5 Å². The Bertz CT molecular complexity index is 1590. The average Bonchev–Trinajstić information content (AvgIpc) is 3.29. The fourth-order valence-corrected chi connectivity index (χ4v) is 4.74. The molecule has 2 aromatic heterocycles. The Labute approximate surface area is 209 Å². The molecule has 3 nitrogen and oxygen atoms in total. The number of fused-ring (bicyclic) bond motifs is 1. The minimum atomic E-state index is 0.715. The van der Waals surface area contributed by atoms with E-state index in [4.69, 9.17) is 21.8 Å². The highest BCUT2D eigenvalue weighted by molar-refractivity contribution is 6.30. The summed E-state index contributed by atoms with van der Waals surface area (Å²) in [5, 5.41) is 12.4. The molecular weight excluding hydrogens is 450 g/mol. The lowest BCUT2D eigenvalue weighted by atomic mass is 9.99. The van der Waals surface area contributed by atoms with Gasteiger partial charge < -0.3 is 4.57 Å². The summed E-state index contributed by atoms with van der Waals surface area (Å²) in [5.41, 5.74) is 7.25. The topological polar surface area (TPSA) is 30.7 Å². The van der Waals surface area contributed by atoms with Crippen LogP contribution in [0.3, 0.4) is 0 Å². The summed E-state index contributed by atoms with van der Waals surface area (Å²) in [4.78, 5) is 0. The molecule has 0 amide bonds. The molecule has 0 saturated carbocycles. The Morgan fingerprint density at radius 2 is 1.11 bits per heavy atom. The number of rotatable bonds is 5. The number of hydrogen-bond acceptors (Lipinski definition) is 2. The van der Waals surface area contributed by atoms with Crippen molar-refractivity contribution in [2.45, 2.75) is 6.54 Å². The molecule has 4 heteroatoms. The quantitative estimate of drug-likeness (QED) is 0.254. The molecule has 0 unspecified atom stereocenters. The highest BCUT2D eigenvalue weighted by Crippen LogP contribution is 2.40. The molecule has 0 aliphatic heterocycles. The Morgan fingerprint density at radius 1 is 0.571 bits per heavy atom. The SMILES string of the molecule is Clc1ccc(-c2c3c(-c4ccccc4)nnc(-c4ccccc4)c3cn2Cc2ccccc2)cc1. The molecule has 2 heterocycles. The monoisotopic (exact) mass is 471 g/mol. The van der Waals surface area contributed by atoms with Gasteiger partial charge in [0.05, 0.1) is 5.69 Å². The summed E-state index contributed by atoms with van der Waals surface area (Å²) in [6, 6.07) is 39.1. The number of benzene rings is 4. The van der Waals surface area contributed by atoms with Crippen molar-refractivity contribution >= 4 is 22.4 Å². The lowest BCUT2D eigenvalue weighted by Crippen LogP contribution is -2.00. The predicted octanol–water partition coefficient (Wildman–Crippen LogP) is 8.13. The van der Waals surface area contributed by atoms with Crippen molar-refractivity contribution in [2.75, 3.05) is 0 Å². The van der Waals surface area contributed by atoms with E-state index in [1.807, 2.05) is 54.6 Å². The lowest BCUT2D eigenvalue weighted by molar-refractivity contribution is 0.818. The molecule has 4 aromatic carbocycles. The highest BCUT2D eigenvalue weighted by atomic mass is 35.5. The van der Waals surface area contributed by atoms with E-state index in [9.17, 15) is 0 Å². The molecule has 0 aliphatic rings. The van der Waals surface area contributed by atoms with Gasteiger partial charge in [-0.2, -0.15) is 0 Å². The van der Waals surface area contributed by atoms with Gasteiger partial charge in [-0.25, -0.2) is 0 Å². The smallest absolute Gasteiger partial charge is 0.103 e. The van der Waals surface area contributed by atoms with Crippen LogP contribution in [0.1, 0.15) is 5.56 Å². The van der Waals surface area contributed by atoms with Crippen molar-refractivity contribution in [3.8, 4) is 33.8 Å². The van der Waals surface area contributed by atoms with Gasteiger partial charge in [-0.1, -0.05) is 115 Å². The summed E-state index contributed by atoms with van der Waals surface area (Å²) in [6.45, 7) is 0.732. The molecule has 0 N–H and O–H groups in total. The van der Waals surface area contributed by atoms with E-state index in [2.05, 4.69) is 71.4 Å². The molecule has 0 saturated heterocycles. The van der Waals surface area contributed by atoms with Gasteiger partial charge in [-0.15, -0.1) is 10.2 Å². The second-order valence-corrected chi connectivity index (χ2v) is 8.95. The van der Waals surface area contributed by atoms with Gasteiger partial charge >= 0.3 is 0 Å². The van der Waals surface area contributed by atoms with Crippen molar-refractivity contribution in [1.82, 2.24) is 14.8 Å². The summed E-state index contributed by atoms with van der Waals surface area (Å²) < 4.78 is 2.31. The predicted molar refractivity (Wildman–Crippen MR) is 144 cm³/mol. The molecule has 6 rings (SSSR count). The fraction of sp³-hybridized carbons (Fsp3) is 0.0323. The molecule has 0 aliphatic carbocycles. The van der Waals surface area contributed by atoms with Gasteiger partial charge in [0.25, 0.3) is 0 Å². The molecule has 35 heavy (non-hydrogen) atoms. The van der Waals surface area contributed by atoms with Crippen molar-refractivity contribution in [3.05, 3.63) is 132 Å².